The molecule has 6 nitrogen and oxygen atoms in total. The zero-order chi connectivity index (χ0) is 59.9. The van der Waals surface area contributed by atoms with Gasteiger partial charge in [0.15, 0.2) is 6.10 Å². The van der Waals surface area contributed by atoms with Crippen LogP contribution >= 0.6 is 0 Å². The lowest BCUT2D eigenvalue weighted by atomic mass is 10.0. The smallest absolute Gasteiger partial charge is 0.306 e. The normalized spacial score (nSPS) is 12.5. The van der Waals surface area contributed by atoms with E-state index in [0.717, 1.165) is 89.9 Å². The van der Waals surface area contributed by atoms with E-state index in [1.54, 1.807) is 0 Å². The summed E-state index contributed by atoms with van der Waals surface area (Å²) in [5, 5.41) is 0. The first-order valence-electron chi connectivity index (χ1n) is 36.4. The zero-order valence-corrected chi connectivity index (χ0v) is 55.5. The van der Waals surface area contributed by atoms with Crippen molar-refractivity contribution in [1.29, 1.82) is 0 Å². The van der Waals surface area contributed by atoms with E-state index in [2.05, 4.69) is 93.7 Å². The molecule has 0 saturated heterocycles. The van der Waals surface area contributed by atoms with Crippen molar-refractivity contribution in [2.75, 3.05) is 13.2 Å². The van der Waals surface area contributed by atoms with E-state index in [-0.39, 0.29) is 31.1 Å². The van der Waals surface area contributed by atoms with Gasteiger partial charge in [0.1, 0.15) is 13.2 Å². The van der Waals surface area contributed by atoms with Crippen molar-refractivity contribution >= 4 is 17.9 Å². The average molecular weight is 1160 g/mol. The van der Waals surface area contributed by atoms with Gasteiger partial charge in [0.25, 0.3) is 0 Å². The first-order chi connectivity index (χ1) is 41.0. The van der Waals surface area contributed by atoms with Crippen molar-refractivity contribution in [1.82, 2.24) is 0 Å². The highest BCUT2D eigenvalue weighted by molar-refractivity contribution is 5.71. The van der Waals surface area contributed by atoms with Crippen molar-refractivity contribution in [3.05, 3.63) is 72.9 Å². The minimum atomic E-state index is -0.780. The Bertz CT molecular complexity index is 1520. The third-order valence-electron chi connectivity index (χ3n) is 16.2. The van der Waals surface area contributed by atoms with Gasteiger partial charge in [0.05, 0.1) is 0 Å². The van der Waals surface area contributed by atoms with Crippen LogP contribution in [0.25, 0.3) is 0 Å². The van der Waals surface area contributed by atoms with Crippen molar-refractivity contribution in [3.63, 3.8) is 0 Å². The van der Waals surface area contributed by atoms with Crippen molar-refractivity contribution in [2.45, 2.75) is 386 Å². The molecule has 0 aliphatic rings. The van der Waals surface area contributed by atoms with E-state index in [1.807, 2.05) is 0 Å². The maximum absolute atomic E-state index is 13.0. The maximum atomic E-state index is 13.0. The largest absolute Gasteiger partial charge is 0.462 e. The molecule has 1 unspecified atom stereocenters. The Morgan fingerprint density at radius 1 is 0.253 bits per heavy atom. The van der Waals surface area contributed by atoms with Gasteiger partial charge in [-0.05, 0) is 109 Å². The molecule has 83 heavy (non-hydrogen) atoms. The van der Waals surface area contributed by atoms with Crippen LogP contribution in [0.5, 0.6) is 0 Å². The lowest BCUT2D eigenvalue weighted by Gasteiger charge is -2.18. The summed E-state index contributed by atoms with van der Waals surface area (Å²) in [4.78, 5) is 38.5. The number of ether oxygens (including phenoxy) is 3. The summed E-state index contributed by atoms with van der Waals surface area (Å²) < 4.78 is 17.0. The van der Waals surface area contributed by atoms with Crippen LogP contribution in [0.3, 0.4) is 0 Å². The fourth-order valence-corrected chi connectivity index (χ4v) is 10.7. The summed E-state index contributed by atoms with van der Waals surface area (Å²) in [6.45, 7) is 6.56. The standard InChI is InChI=1S/C77H138O6/c1-4-7-10-13-16-19-22-25-27-29-31-33-35-37-38-40-41-43-45-47-49-52-55-58-61-64-67-70-76(79)82-73-74(72-81-75(78)69-66-63-60-57-54-51-24-21-18-15-12-9-6-3)83-77(80)71-68-65-62-59-56-53-50-48-46-44-42-39-36-34-32-30-28-26-23-20-17-14-11-8-5-2/h8,11,17,20-21,24,26,28-29,31-32,34,74H,4-7,9-10,12-16,18-19,22-23,25,27,30,33,35-73H2,1-3H3/b11-8-,20-17-,24-21-,28-26-,31-29-,34-32-. The summed E-state index contributed by atoms with van der Waals surface area (Å²) in [7, 11) is 0. The molecule has 482 valence electrons. The van der Waals surface area contributed by atoms with Gasteiger partial charge in [-0.3, -0.25) is 14.4 Å². The number of esters is 3. The Hall–Kier alpha value is -3.15. The summed E-state index contributed by atoms with van der Waals surface area (Å²) in [5.41, 5.74) is 0. The Balaban J connectivity index is 4.24. The fraction of sp³-hybridized carbons (Fsp3) is 0.805. The molecule has 0 rings (SSSR count). The van der Waals surface area contributed by atoms with Gasteiger partial charge >= 0.3 is 17.9 Å². The van der Waals surface area contributed by atoms with E-state index in [0.29, 0.717) is 19.3 Å². The van der Waals surface area contributed by atoms with Gasteiger partial charge in [-0.1, -0.05) is 325 Å². The van der Waals surface area contributed by atoms with Gasteiger partial charge < -0.3 is 14.2 Å². The van der Waals surface area contributed by atoms with Crippen LogP contribution in [0.4, 0.5) is 0 Å². The molecule has 6 heteroatoms. The fourth-order valence-electron chi connectivity index (χ4n) is 10.7. The molecule has 0 amide bonds. The average Bonchev–Trinajstić information content (AvgIpc) is 3.49. The molecule has 0 fully saturated rings. The molecule has 0 aromatic heterocycles. The Morgan fingerprint density at radius 3 is 0.759 bits per heavy atom. The second kappa shape index (κ2) is 71.3. The molecule has 0 bridgehead atoms. The predicted molar refractivity (Wildman–Crippen MR) is 362 cm³/mol. The number of allylic oxidation sites excluding steroid dienone is 12. The molecule has 0 radical (unpaired) electrons. The number of rotatable bonds is 67. The molecule has 0 aliphatic carbocycles. The van der Waals surface area contributed by atoms with Crippen LogP contribution < -0.4 is 0 Å². The first kappa shape index (κ1) is 79.8. The maximum Gasteiger partial charge on any atom is 0.306 e. The quantitative estimate of drug-likeness (QED) is 0.0261. The summed E-state index contributed by atoms with van der Waals surface area (Å²) in [6, 6.07) is 0. The van der Waals surface area contributed by atoms with Crippen molar-refractivity contribution in [3.8, 4) is 0 Å². The summed E-state index contributed by atoms with van der Waals surface area (Å²) >= 11 is 0. The predicted octanol–water partition coefficient (Wildman–Crippen LogP) is 25.2. The second-order valence-corrected chi connectivity index (χ2v) is 24.5. The molecule has 0 saturated carbocycles. The number of carbonyl (C=O) groups is 3. The van der Waals surface area contributed by atoms with Gasteiger partial charge in [0, 0.05) is 19.3 Å². The number of unbranched alkanes of at least 4 members (excludes halogenated alkanes) is 44. The van der Waals surface area contributed by atoms with E-state index in [4.69, 9.17) is 14.2 Å². The van der Waals surface area contributed by atoms with E-state index >= 15 is 0 Å². The third kappa shape index (κ3) is 69.5. The SMILES string of the molecule is CC/C=C\C/C=C\C/C=C\C/C=C\CCCCCCCCCCCCCCC(=O)OC(COC(=O)CCCCCCC/C=C\CCCCCC)COC(=O)CCCCCCCCCCCCCCCCC/C=C\CCCCCCCCCC. The molecular weight excluding hydrogens is 1020 g/mol. The highest BCUT2D eigenvalue weighted by Crippen LogP contribution is 2.18. The van der Waals surface area contributed by atoms with E-state index < -0.39 is 6.10 Å². The van der Waals surface area contributed by atoms with Gasteiger partial charge in [-0.2, -0.15) is 0 Å². The first-order valence-corrected chi connectivity index (χ1v) is 36.4. The van der Waals surface area contributed by atoms with Crippen LogP contribution in [0.1, 0.15) is 380 Å². The zero-order valence-electron chi connectivity index (χ0n) is 55.5. The monoisotopic (exact) mass is 1160 g/mol. The molecular formula is C77H138O6. The summed E-state index contributed by atoms with van der Waals surface area (Å²) in [5.74, 6) is -0.864. The van der Waals surface area contributed by atoms with Crippen molar-refractivity contribution in [2.24, 2.45) is 0 Å². The van der Waals surface area contributed by atoms with E-state index in [1.165, 1.54) is 250 Å². The minimum absolute atomic E-state index is 0.0750. The Kier molecular flexibility index (Phi) is 68.6. The molecule has 1 atom stereocenters. The van der Waals surface area contributed by atoms with E-state index in [9.17, 15) is 14.4 Å². The van der Waals surface area contributed by atoms with Crippen LogP contribution in [-0.2, 0) is 28.6 Å². The third-order valence-corrected chi connectivity index (χ3v) is 16.2. The van der Waals surface area contributed by atoms with Crippen LogP contribution in [0, 0.1) is 0 Å². The Morgan fingerprint density at radius 2 is 0.470 bits per heavy atom. The highest BCUT2D eigenvalue weighted by Gasteiger charge is 2.19. The summed E-state index contributed by atoms with van der Waals surface area (Å²) in [6.07, 6.45) is 93.7. The minimum Gasteiger partial charge on any atom is -0.462 e. The molecule has 0 aromatic carbocycles. The highest BCUT2D eigenvalue weighted by atomic mass is 16.6. The molecule has 0 aromatic rings. The molecule has 0 heterocycles. The Labute approximate surface area is 516 Å². The van der Waals surface area contributed by atoms with Gasteiger partial charge in [-0.15, -0.1) is 0 Å². The second-order valence-electron chi connectivity index (χ2n) is 24.5. The van der Waals surface area contributed by atoms with Crippen LogP contribution in [0.15, 0.2) is 72.9 Å². The number of carbonyl (C=O) groups excluding carboxylic acids is 3. The van der Waals surface area contributed by atoms with Crippen LogP contribution in [0.2, 0.25) is 0 Å². The van der Waals surface area contributed by atoms with Crippen LogP contribution in [-0.4, -0.2) is 37.2 Å². The molecule has 0 N–H and O–H groups in total. The van der Waals surface area contributed by atoms with Crippen molar-refractivity contribution < 1.29 is 28.6 Å². The molecule has 0 aliphatic heterocycles. The number of hydrogen-bond donors (Lipinski definition) is 0. The van der Waals surface area contributed by atoms with Gasteiger partial charge in [-0.25, -0.2) is 0 Å². The van der Waals surface area contributed by atoms with Gasteiger partial charge in [0.2, 0.25) is 0 Å². The topological polar surface area (TPSA) is 78.9 Å². The lowest BCUT2D eigenvalue weighted by Crippen LogP contribution is -2.30. The molecule has 0 spiro atoms. The number of hydrogen-bond acceptors (Lipinski definition) is 6. The lowest BCUT2D eigenvalue weighted by molar-refractivity contribution is -0.167.